The van der Waals surface area contributed by atoms with Gasteiger partial charge in [-0.05, 0) is 19.8 Å². The van der Waals surface area contributed by atoms with Crippen LogP contribution in [0.1, 0.15) is 44.1 Å². The Balaban J connectivity index is 1.90. The summed E-state index contributed by atoms with van der Waals surface area (Å²) < 4.78 is 2.31. The largest absolute Gasteiger partial charge is 0.331 e. The second kappa shape index (κ2) is 7.86. The Labute approximate surface area is 143 Å². The van der Waals surface area contributed by atoms with E-state index in [-0.39, 0.29) is 0 Å². The van der Waals surface area contributed by atoms with Crippen molar-refractivity contribution in [3.8, 4) is 11.3 Å². The fourth-order valence-corrected chi connectivity index (χ4v) is 3.03. The lowest BCUT2D eigenvalue weighted by Crippen LogP contribution is -2.12. The van der Waals surface area contributed by atoms with Gasteiger partial charge in [0.25, 0.3) is 0 Å². The van der Waals surface area contributed by atoms with Gasteiger partial charge < -0.3 is 4.57 Å². The van der Waals surface area contributed by atoms with Crippen LogP contribution in [-0.4, -0.2) is 19.5 Å². The molecular formula is C20H24N4. The molecule has 1 atom stereocenters. The predicted molar refractivity (Wildman–Crippen MR) is 96.7 cm³/mol. The van der Waals surface area contributed by atoms with Crippen molar-refractivity contribution >= 4 is 0 Å². The van der Waals surface area contributed by atoms with Crippen molar-refractivity contribution in [1.82, 2.24) is 19.5 Å². The molecule has 3 aromatic rings. The number of hydrogen-bond acceptors (Lipinski definition) is 3. The topological polar surface area (TPSA) is 43.6 Å². The number of rotatable bonds is 7. The summed E-state index contributed by atoms with van der Waals surface area (Å²) in [5.74, 6) is 0. The highest BCUT2D eigenvalue weighted by atomic mass is 15.1. The van der Waals surface area contributed by atoms with Crippen molar-refractivity contribution in [1.29, 1.82) is 0 Å². The van der Waals surface area contributed by atoms with E-state index in [2.05, 4.69) is 52.6 Å². The van der Waals surface area contributed by atoms with Crippen molar-refractivity contribution in [3.63, 3.8) is 0 Å². The summed E-state index contributed by atoms with van der Waals surface area (Å²) in [5.41, 5.74) is 4.63. The van der Waals surface area contributed by atoms with Crippen LogP contribution in [0.2, 0.25) is 0 Å². The molecule has 0 aliphatic rings. The molecule has 24 heavy (non-hydrogen) atoms. The number of nitrogens with zero attached hydrogens (tertiary/aromatic N) is 4. The molecule has 0 aliphatic heterocycles. The molecule has 0 radical (unpaired) electrons. The third-order valence-corrected chi connectivity index (χ3v) is 4.31. The first-order chi connectivity index (χ1) is 11.8. The highest BCUT2D eigenvalue weighted by Crippen LogP contribution is 2.27. The Kier molecular flexibility index (Phi) is 5.36. The number of benzene rings is 1. The summed E-state index contributed by atoms with van der Waals surface area (Å²) in [5, 5.41) is 0. The normalized spacial score (nSPS) is 12.2. The van der Waals surface area contributed by atoms with E-state index in [4.69, 9.17) is 4.98 Å². The molecular weight excluding hydrogens is 296 g/mol. The maximum Gasteiger partial charge on any atom is 0.0958 e. The molecule has 0 N–H and O–H groups in total. The van der Waals surface area contributed by atoms with Crippen molar-refractivity contribution in [2.24, 2.45) is 0 Å². The average molecular weight is 320 g/mol. The number of aromatic nitrogens is 4. The Bertz CT molecular complexity index is 750. The lowest BCUT2D eigenvalue weighted by molar-refractivity contribution is 0.514. The molecule has 4 nitrogen and oxygen atoms in total. The first-order valence-corrected chi connectivity index (χ1v) is 8.65. The molecule has 0 spiro atoms. The zero-order chi connectivity index (χ0) is 16.8. The van der Waals surface area contributed by atoms with Crippen molar-refractivity contribution < 1.29 is 0 Å². The molecule has 3 rings (SSSR count). The van der Waals surface area contributed by atoms with Crippen molar-refractivity contribution in [3.05, 3.63) is 66.6 Å². The minimum atomic E-state index is 0.304. The standard InChI is InChI=1S/C20H24N4/c1-3-4-10-19-20(17-8-6-5-7-9-17)23-15-24(19)16(2)13-18-14-21-11-12-22-18/h5-9,11-12,14-16H,3-4,10,13H2,1-2H3. The monoisotopic (exact) mass is 320 g/mol. The minimum absolute atomic E-state index is 0.304. The van der Waals surface area contributed by atoms with Gasteiger partial charge in [-0.25, -0.2) is 4.98 Å². The quantitative estimate of drug-likeness (QED) is 0.644. The van der Waals surface area contributed by atoms with Crippen LogP contribution < -0.4 is 0 Å². The first-order valence-electron chi connectivity index (χ1n) is 8.65. The van der Waals surface area contributed by atoms with Gasteiger partial charge in [0, 0.05) is 42.3 Å². The molecule has 1 aromatic carbocycles. The fraction of sp³-hybridized carbons (Fsp3) is 0.350. The summed E-state index contributed by atoms with van der Waals surface area (Å²) in [6.07, 6.45) is 11.5. The van der Waals surface area contributed by atoms with Crippen LogP contribution in [0.3, 0.4) is 0 Å². The van der Waals surface area contributed by atoms with Gasteiger partial charge in [-0.3, -0.25) is 9.97 Å². The van der Waals surface area contributed by atoms with E-state index < -0.39 is 0 Å². The lowest BCUT2D eigenvalue weighted by atomic mass is 10.1. The van der Waals surface area contributed by atoms with E-state index in [0.29, 0.717) is 6.04 Å². The van der Waals surface area contributed by atoms with E-state index in [0.717, 1.165) is 24.2 Å². The summed E-state index contributed by atoms with van der Waals surface area (Å²) in [6.45, 7) is 4.45. The molecule has 0 fully saturated rings. The minimum Gasteiger partial charge on any atom is -0.331 e. The van der Waals surface area contributed by atoms with E-state index in [1.54, 1.807) is 12.4 Å². The maximum atomic E-state index is 4.73. The Morgan fingerprint density at radius 2 is 1.92 bits per heavy atom. The summed E-state index contributed by atoms with van der Waals surface area (Å²) in [6, 6.07) is 10.8. The number of imidazole rings is 1. The Hall–Kier alpha value is -2.49. The van der Waals surface area contributed by atoms with Crippen LogP contribution in [0.15, 0.2) is 55.2 Å². The molecule has 0 saturated carbocycles. The van der Waals surface area contributed by atoms with E-state index >= 15 is 0 Å². The summed E-state index contributed by atoms with van der Waals surface area (Å²) >= 11 is 0. The SMILES string of the molecule is CCCCc1c(-c2ccccc2)ncn1C(C)Cc1cnccn1. The predicted octanol–water partition coefficient (Wildman–Crippen LogP) is 4.49. The van der Waals surface area contributed by atoms with E-state index in [1.165, 1.54) is 24.1 Å². The zero-order valence-electron chi connectivity index (χ0n) is 14.4. The van der Waals surface area contributed by atoms with Gasteiger partial charge in [0.1, 0.15) is 0 Å². The van der Waals surface area contributed by atoms with Crippen molar-refractivity contribution in [2.75, 3.05) is 0 Å². The summed E-state index contributed by atoms with van der Waals surface area (Å²) in [4.78, 5) is 13.3. The van der Waals surface area contributed by atoms with Gasteiger partial charge >= 0.3 is 0 Å². The second-order valence-electron chi connectivity index (χ2n) is 6.17. The molecule has 0 saturated heterocycles. The van der Waals surface area contributed by atoms with E-state index in [9.17, 15) is 0 Å². The highest BCUT2D eigenvalue weighted by Gasteiger charge is 2.17. The van der Waals surface area contributed by atoms with Crippen molar-refractivity contribution in [2.45, 2.75) is 45.6 Å². The Morgan fingerprint density at radius 3 is 2.62 bits per heavy atom. The van der Waals surface area contributed by atoms with Gasteiger partial charge in [-0.15, -0.1) is 0 Å². The van der Waals surface area contributed by atoms with E-state index in [1.807, 2.05) is 18.6 Å². The van der Waals surface area contributed by atoms with Crippen LogP contribution in [0, 0.1) is 0 Å². The first kappa shape index (κ1) is 16.4. The van der Waals surface area contributed by atoms with Gasteiger partial charge in [-0.1, -0.05) is 43.7 Å². The highest BCUT2D eigenvalue weighted by molar-refractivity contribution is 5.61. The number of unbranched alkanes of at least 4 members (excludes halogenated alkanes) is 1. The summed E-state index contributed by atoms with van der Waals surface area (Å²) in [7, 11) is 0. The molecule has 1 unspecified atom stereocenters. The lowest BCUT2D eigenvalue weighted by Gasteiger charge is -2.17. The van der Waals surface area contributed by atoms with Crippen LogP contribution in [0.4, 0.5) is 0 Å². The molecule has 124 valence electrons. The Morgan fingerprint density at radius 1 is 1.08 bits per heavy atom. The van der Waals surface area contributed by atoms with Gasteiger partial charge in [-0.2, -0.15) is 0 Å². The van der Waals surface area contributed by atoms with Crippen LogP contribution >= 0.6 is 0 Å². The third kappa shape index (κ3) is 3.70. The van der Waals surface area contributed by atoms with Gasteiger partial charge in [0.2, 0.25) is 0 Å². The molecule has 2 aromatic heterocycles. The third-order valence-electron chi connectivity index (χ3n) is 4.31. The molecule has 0 aliphatic carbocycles. The van der Waals surface area contributed by atoms with Crippen LogP contribution in [0.5, 0.6) is 0 Å². The average Bonchev–Trinajstić information content (AvgIpc) is 3.05. The fourth-order valence-electron chi connectivity index (χ4n) is 3.03. The molecule has 0 bridgehead atoms. The molecule has 2 heterocycles. The van der Waals surface area contributed by atoms with Gasteiger partial charge in [0.05, 0.1) is 17.7 Å². The zero-order valence-corrected chi connectivity index (χ0v) is 14.4. The number of hydrogen-bond donors (Lipinski definition) is 0. The second-order valence-corrected chi connectivity index (χ2v) is 6.17. The van der Waals surface area contributed by atoms with Crippen LogP contribution in [-0.2, 0) is 12.8 Å². The maximum absolute atomic E-state index is 4.73. The van der Waals surface area contributed by atoms with Gasteiger partial charge in [0.15, 0.2) is 0 Å². The molecule has 4 heteroatoms. The van der Waals surface area contributed by atoms with Crippen LogP contribution in [0.25, 0.3) is 11.3 Å². The smallest absolute Gasteiger partial charge is 0.0958 e. The molecule has 0 amide bonds.